The Morgan fingerprint density at radius 2 is 2.23 bits per heavy atom. The summed E-state index contributed by atoms with van der Waals surface area (Å²) < 4.78 is 5.05. The second-order valence-corrected chi connectivity index (χ2v) is 2.51. The number of aliphatic hydroxyl groups excluding tert-OH is 1. The molecular formula is C10H12O3. The van der Waals surface area contributed by atoms with Gasteiger partial charge in [-0.3, -0.25) is 0 Å². The Labute approximate surface area is 76.9 Å². The van der Waals surface area contributed by atoms with Gasteiger partial charge in [-0.15, -0.1) is 0 Å². The lowest BCUT2D eigenvalue weighted by molar-refractivity contribution is 0.343. The molecule has 3 heteroatoms. The van der Waals surface area contributed by atoms with E-state index in [0.717, 1.165) is 5.56 Å². The predicted octanol–water partition coefficient (Wildman–Crippen LogP) is 1.41. The van der Waals surface area contributed by atoms with Crippen LogP contribution in [0.25, 0.3) is 6.08 Å². The van der Waals surface area contributed by atoms with Crippen LogP contribution >= 0.6 is 0 Å². The Kier molecular flexibility index (Phi) is 3.34. The van der Waals surface area contributed by atoms with Gasteiger partial charge < -0.3 is 14.9 Å². The lowest BCUT2D eigenvalue weighted by Crippen LogP contribution is -1.86. The molecule has 0 fully saturated rings. The van der Waals surface area contributed by atoms with Crippen molar-refractivity contribution in [3.63, 3.8) is 0 Å². The molecule has 0 unspecified atom stereocenters. The summed E-state index contributed by atoms with van der Waals surface area (Å²) in [5.74, 6) is 0.848. The molecule has 70 valence electrons. The van der Waals surface area contributed by atoms with E-state index in [9.17, 15) is 5.11 Å². The quantitative estimate of drug-likeness (QED) is 0.739. The summed E-state index contributed by atoms with van der Waals surface area (Å²) in [7, 11) is 1.56. The van der Waals surface area contributed by atoms with Gasteiger partial charge in [-0.1, -0.05) is 12.2 Å². The van der Waals surface area contributed by atoms with Crippen molar-refractivity contribution in [2.45, 2.75) is 0 Å². The van der Waals surface area contributed by atoms with E-state index in [0.29, 0.717) is 5.75 Å². The lowest BCUT2D eigenvalue weighted by Gasteiger charge is -2.04. The number of rotatable bonds is 3. The van der Waals surface area contributed by atoms with Gasteiger partial charge >= 0.3 is 0 Å². The van der Waals surface area contributed by atoms with Crippen LogP contribution in [0.2, 0.25) is 0 Å². The second-order valence-electron chi connectivity index (χ2n) is 2.51. The summed E-state index contributed by atoms with van der Waals surface area (Å²) in [6.45, 7) is -0.0290. The molecular weight excluding hydrogens is 168 g/mol. The van der Waals surface area contributed by atoms with E-state index in [1.807, 2.05) is 0 Å². The van der Waals surface area contributed by atoms with Crippen molar-refractivity contribution >= 4 is 6.08 Å². The van der Waals surface area contributed by atoms with Gasteiger partial charge in [0, 0.05) is 5.56 Å². The maximum atomic E-state index is 9.18. The highest BCUT2D eigenvalue weighted by atomic mass is 16.5. The number of hydrogen-bond acceptors (Lipinski definition) is 3. The first kappa shape index (κ1) is 9.61. The van der Waals surface area contributed by atoms with Gasteiger partial charge in [0.25, 0.3) is 0 Å². The van der Waals surface area contributed by atoms with Crippen molar-refractivity contribution in [1.82, 2.24) is 0 Å². The number of methoxy groups -OCH3 is 1. The number of ether oxygens (including phenoxy) is 1. The summed E-state index contributed by atoms with van der Waals surface area (Å²) in [6, 6.07) is 4.80. The predicted molar refractivity (Wildman–Crippen MR) is 50.8 cm³/mol. The Hall–Kier alpha value is -1.48. The molecule has 0 heterocycles. The zero-order chi connectivity index (χ0) is 9.68. The first-order chi connectivity index (χ1) is 6.27. The van der Waals surface area contributed by atoms with Crippen LogP contribution in [0.1, 0.15) is 5.56 Å². The van der Waals surface area contributed by atoms with Crippen molar-refractivity contribution in [2.75, 3.05) is 13.7 Å². The fraction of sp³-hybridized carbons (Fsp3) is 0.200. The molecule has 0 saturated carbocycles. The first-order valence-electron chi connectivity index (χ1n) is 3.92. The summed E-state index contributed by atoms with van der Waals surface area (Å²) in [5, 5.41) is 17.8. The molecule has 0 aliphatic carbocycles. The monoisotopic (exact) mass is 180 g/mol. The minimum atomic E-state index is -0.0290. The lowest BCUT2D eigenvalue weighted by atomic mass is 10.2. The molecule has 0 aliphatic heterocycles. The second kappa shape index (κ2) is 4.52. The van der Waals surface area contributed by atoms with Crippen LogP contribution < -0.4 is 4.74 Å². The molecule has 0 amide bonds. The van der Waals surface area contributed by atoms with Gasteiger partial charge in [0.1, 0.15) is 11.5 Å². The summed E-state index contributed by atoms with van der Waals surface area (Å²) in [6.07, 6.45) is 3.27. The molecule has 0 saturated heterocycles. The van der Waals surface area contributed by atoms with Crippen LogP contribution in [0.5, 0.6) is 11.5 Å². The number of benzene rings is 1. The molecule has 0 spiro atoms. The van der Waals surface area contributed by atoms with Gasteiger partial charge in [-0.25, -0.2) is 0 Å². The molecule has 0 aliphatic rings. The van der Waals surface area contributed by atoms with Crippen LogP contribution in [0.15, 0.2) is 24.3 Å². The van der Waals surface area contributed by atoms with Crippen molar-refractivity contribution < 1.29 is 14.9 Å². The van der Waals surface area contributed by atoms with E-state index in [1.54, 1.807) is 37.5 Å². The molecule has 0 radical (unpaired) electrons. The molecule has 0 bridgehead atoms. The van der Waals surface area contributed by atoms with E-state index in [4.69, 9.17) is 9.84 Å². The number of phenolic OH excluding ortho intramolecular Hbond substituents is 1. The zero-order valence-electron chi connectivity index (χ0n) is 7.40. The van der Waals surface area contributed by atoms with Crippen LogP contribution in [0.3, 0.4) is 0 Å². The van der Waals surface area contributed by atoms with Crippen LogP contribution in [-0.2, 0) is 0 Å². The first-order valence-corrected chi connectivity index (χ1v) is 3.92. The van der Waals surface area contributed by atoms with Gasteiger partial charge in [0.15, 0.2) is 0 Å². The molecule has 13 heavy (non-hydrogen) atoms. The van der Waals surface area contributed by atoms with Crippen molar-refractivity contribution in [2.24, 2.45) is 0 Å². The number of hydrogen-bond donors (Lipinski definition) is 2. The van der Waals surface area contributed by atoms with Gasteiger partial charge in [-0.2, -0.15) is 0 Å². The number of aromatic hydroxyl groups is 1. The van der Waals surface area contributed by atoms with E-state index in [-0.39, 0.29) is 12.4 Å². The summed E-state index contributed by atoms with van der Waals surface area (Å²) in [5.41, 5.74) is 0.747. The molecule has 1 aromatic rings. The van der Waals surface area contributed by atoms with E-state index >= 15 is 0 Å². The SMILES string of the molecule is COc1ccc(O)cc1C=CCO. The van der Waals surface area contributed by atoms with Crippen LogP contribution in [-0.4, -0.2) is 23.9 Å². The maximum absolute atomic E-state index is 9.18. The average molecular weight is 180 g/mol. The summed E-state index contributed by atoms with van der Waals surface area (Å²) >= 11 is 0. The maximum Gasteiger partial charge on any atom is 0.126 e. The van der Waals surface area contributed by atoms with Crippen molar-refractivity contribution in [1.29, 1.82) is 0 Å². The molecule has 1 rings (SSSR count). The third-order valence-corrected chi connectivity index (χ3v) is 1.62. The number of aliphatic hydroxyl groups is 1. The highest BCUT2D eigenvalue weighted by molar-refractivity contribution is 5.59. The average Bonchev–Trinajstić information content (AvgIpc) is 2.15. The highest BCUT2D eigenvalue weighted by Gasteiger charge is 1.99. The fourth-order valence-electron chi connectivity index (χ4n) is 1.03. The Morgan fingerprint density at radius 3 is 2.85 bits per heavy atom. The third kappa shape index (κ3) is 2.49. The molecule has 2 N–H and O–H groups in total. The van der Waals surface area contributed by atoms with Crippen molar-refractivity contribution in [3.8, 4) is 11.5 Å². The smallest absolute Gasteiger partial charge is 0.126 e. The minimum Gasteiger partial charge on any atom is -0.508 e. The van der Waals surface area contributed by atoms with E-state index in [2.05, 4.69) is 0 Å². The van der Waals surface area contributed by atoms with Gasteiger partial charge in [0.2, 0.25) is 0 Å². The van der Waals surface area contributed by atoms with Crippen molar-refractivity contribution in [3.05, 3.63) is 29.8 Å². The third-order valence-electron chi connectivity index (χ3n) is 1.62. The largest absolute Gasteiger partial charge is 0.508 e. The molecule has 0 atom stereocenters. The van der Waals surface area contributed by atoms with E-state index in [1.165, 1.54) is 0 Å². The number of phenols is 1. The summed E-state index contributed by atoms with van der Waals surface area (Å²) in [4.78, 5) is 0. The Bertz CT molecular complexity index is 305. The zero-order valence-corrected chi connectivity index (χ0v) is 7.40. The highest BCUT2D eigenvalue weighted by Crippen LogP contribution is 2.24. The molecule has 0 aromatic heterocycles. The standard InChI is InChI=1S/C10H12O3/c1-13-10-5-4-9(12)7-8(10)3-2-6-11/h2-5,7,11-12H,6H2,1H3. The normalized spacial score (nSPS) is 10.6. The topological polar surface area (TPSA) is 49.7 Å². The fourth-order valence-corrected chi connectivity index (χ4v) is 1.03. The molecule has 1 aromatic carbocycles. The van der Waals surface area contributed by atoms with Gasteiger partial charge in [-0.05, 0) is 18.2 Å². The Morgan fingerprint density at radius 1 is 1.46 bits per heavy atom. The van der Waals surface area contributed by atoms with Crippen LogP contribution in [0, 0.1) is 0 Å². The van der Waals surface area contributed by atoms with Crippen LogP contribution in [0.4, 0.5) is 0 Å². The molecule has 3 nitrogen and oxygen atoms in total. The minimum absolute atomic E-state index is 0.0290. The van der Waals surface area contributed by atoms with Gasteiger partial charge in [0.05, 0.1) is 13.7 Å². The van der Waals surface area contributed by atoms with E-state index < -0.39 is 0 Å². The Balaban J connectivity index is 3.01.